The first-order valence-electron chi connectivity index (χ1n) is 11.1. The van der Waals surface area contributed by atoms with Crippen molar-refractivity contribution >= 4 is 0 Å². The summed E-state index contributed by atoms with van der Waals surface area (Å²) in [5, 5.41) is 0. The van der Waals surface area contributed by atoms with E-state index in [1.165, 1.54) is 5.56 Å². The zero-order valence-electron chi connectivity index (χ0n) is 19.1. The molecule has 0 fully saturated rings. The Balaban J connectivity index is 1.46. The predicted octanol–water partition coefficient (Wildman–Crippen LogP) is 7.46. The summed E-state index contributed by atoms with van der Waals surface area (Å²) in [6.07, 6.45) is 5.78. The van der Waals surface area contributed by atoms with Crippen molar-refractivity contribution in [3.63, 3.8) is 0 Å². The van der Waals surface area contributed by atoms with Gasteiger partial charge in [-0.15, -0.1) is 0 Å². The van der Waals surface area contributed by atoms with Crippen molar-refractivity contribution in [3.05, 3.63) is 114 Å². The van der Waals surface area contributed by atoms with E-state index in [1.54, 1.807) is 0 Å². The standard InChI is InChI=1S/C30H25N3/c1-20-14-25(23-10-6-4-7-11-23)17-31-29(20)27-16-22(3)30(33-19-27)26-15-21(2)28(32-18-26)24-12-8-5-9-13-24/h4-19H,1-3H3. The molecule has 0 unspecified atom stereocenters. The fourth-order valence-corrected chi connectivity index (χ4v) is 4.27. The molecule has 0 saturated heterocycles. The van der Waals surface area contributed by atoms with Crippen molar-refractivity contribution in [2.45, 2.75) is 20.8 Å². The van der Waals surface area contributed by atoms with Gasteiger partial charge in [0.1, 0.15) is 0 Å². The minimum atomic E-state index is 0.951. The summed E-state index contributed by atoms with van der Waals surface area (Å²) in [7, 11) is 0. The van der Waals surface area contributed by atoms with Crippen LogP contribution in [0.15, 0.2) is 97.5 Å². The molecule has 0 aliphatic rings. The highest BCUT2D eigenvalue weighted by molar-refractivity contribution is 5.73. The number of hydrogen-bond acceptors (Lipinski definition) is 3. The SMILES string of the molecule is Cc1cc(-c2ccccc2)cnc1-c1cnc(-c2cnc(-c3ccccc3)c(C)c2)c(C)c1. The van der Waals surface area contributed by atoms with Gasteiger partial charge in [0.15, 0.2) is 0 Å². The monoisotopic (exact) mass is 427 g/mol. The zero-order chi connectivity index (χ0) is 22.8. The average Bonchev–Trinajstić information content (AvgIpc) is 2.85. The third-order valence-corrected chi connectivity index (χ3v) is 5.94. The molecule has 0 spiro atoms. The lowest BCUT2D eigenvalue weighted by Gasteiger charge is -2.12. The molecule has 0 saturated carbocycles. The van der Waals surface area contributed by atoms with E-state index in [-0.39, 0.29) is 0 Å². The number of benzene rings is 2. The Bertz CT molecular complexity index is 1420. The van der Waals surface area contributed by atoms with Crippen LogP contribution in [0.25, 0.3) is 44.9 Å². The Morgan fingerprint density at radius 3 is 1.21 bits per heavy atom. The molecular formula is C30H25N3. The van der Waals surface area contributed by atoms with Crippen molar-refractivity contribution in [1.29, 1.82) is 0 Å². The number of rotatable bonds is 4. The Morgan fingerprint density at radius 1 is 0.394 bits per heavy atom. The lowest BCUT2D eigenvalue weighted by atomic mass is 9.99. The highest BCUT2D eigenvalue weighted by Gasteiger charge is 2.12. The molecule has 2 aromatic carbocycles. The number of pyridine rings is 3. The van der Waals surface area contributed by atoms with Gasteiger partial charge in [0.25, 0.3) is 0 Å². The van der Waals surface area contributed by atoms with Gasteiger partial charge in [-0.3, -0.25) is 15.0 Å². The van der Waals surface area contributed by atoms with Gasteiger partial charge in [0.2, 0.25) is 0 Å². The largest absolute Gasteiger partial charge is 0.255 e. The van der Waals surface area contributed by atoms with Crippen molar-refractivity contribution in [2.75, 3.05) is 0 Å². The Kier molecular flexibility index (Phi) is 5.54. The Labute approximate surface area is 194 Å². The summed E-state index contributed by atoms with van der Waals surface area (Å²) in [6.45, 7) is 6.30. The van der Waals surface area contributed by atoms with E-state index in [9.17, 15) is 0 Å². The van der Waals surface area contributed by atoms with Crippen LogP contribution in [-0.4, -0.2) is 15.0 Å². The summed E-state index contributed by atoms with van der Waals surface area (Å²) >= 11 is 0. The normalized spacial score (nSPS) is 10.9. The highest BCUT2D eigenvalue weighted by Crippen LogP contribution is 2.30. The molecule has 3 heteroatoms. The van der Waals surface area contributed by atoms with Gasteiger partial charge < -0.3 is 0 Å². The molecule has 160 valence electrons. The molecule has 0 bridgehead atoms. The lowest BCUT2D eigenvalue weighted by Crippen LogP contribution is -1.96. The maximum atomic E-state index is 4.81. The molecule has 0 N–H and O–H groups in total. The topological polar surface area (TPSA) is 38.7 Å². The summed E-state index contributed by atoms with van der Waals surface area (Å²) in [6, 6.07) is 27.1. The maximum Gasteiger partial charge on any atom is 0.0747 e. The van der Waals surface area contributed by atoms with Gasteiger partial charge >= 0.3 is 0 Å². The number of hydrogen-bond donors (Lipinski definition) is 0. The molecule has 0 aliphatic heterocycles. The van der Waals surface area contributed by atoms with Crippen LogP contribution in [0.2, 0.25) is 0 Å². The second-order valence-corrected chi connectivity index (χ2v) is 8.40. The molecule has 33 heavy (non-hydrogen) atoms. The fourth-order valence-electron chi connectivity index (χ4n) is 4.27. The molecule has 5 rings (SSSR count). The first kappa shape index (κ1) is 20.8. The van der Waals surface area contributed by atoms with E-state index in [0.29, 0.717) is 0 Å². The Morgan fingerprint density at radius 2 is 0.758 bits per heavy atom. The molecule has 0 radical (unpaired) electrons. The van der Waals surface area contributed by atoms with Crippen LogP contribution >= 0.6 is 0 Å². The van der Waals surface area contributed by atoms with Crippen LogP contribution < -0.4 is 0 Å². The van der Waals surface area contributed by atoms with Crippen LogP contribution in [0.4, 0.5) is 0 Å². The van der Waals surface area contributed by atoms with E-state index in [0.717, 1.165) is 56.0 Å². The van der Waals surface area contributed by atoms with Crippen LogP contribution in [0.1, 0.15) is 16.7 Å². The van der Waals surface area contributed by atoms with Crippen LogP contribution in [0, 0.1) is 20.8 Å². The van der Waals surface area contributed by atoms with Gasteiger partial charge in [0, 0.05) is 40.8 Å². The zero-order valence-corrected chi connectivity index (χ0v) is 19.1. The van der Waals surface area contributed by atoms with Crippen LogP contribution in [-0.2, 0) is 0 Å². The van der Waals surface area contributed by atoms with Crippen molar-refractivity contribution in [1.82, 2.24) is 15.0 Å². The minimum Gasteiger partial charge on any atom is -0.255 e. The molecule has 0 aliphatic carbocycles. The number of aromatic nitrogens is 3. The quantitative estimate of drug-likeness (QED) is 0.299. The molecular weight excluding hydrogens is 402 g/mol. The van der Waals surface area contributed by atoms with E-state index in [2.05, 4.69) is 63.2 Å². The Hall–Kier alpha value is -4.11. The molecule has 3 aromatic heterocycles. The van der Waals surface area contributed by atoms with Crippen molar-refractivity contribution < 1.29 is 0 Å². The second kappa shape index (κ2) is 8.79. The van der Waals surface area contributed by atoms with Crippen molar-refractivity contribution in [3.8, 4) is 44.9 Å². The number of nitrogens with zero attached hydrogens (tertiary/aromatic N) is 3. The smallest absolute Gasteiger partial charge is 0.0747 e. The molecule has 3 nitrogen and oxygen atoms in total. The van der Waals surface area contributed by atoms with Gasteiger partial charge in [-0.25, -0.2) is 0 Å². The van der Waals surface area contributed by atoms with Gasteiger partial charge in [0.05, 0.1) is 17.1 Å². The van der Waals surface area contributed by atoms with E-state index < -0.39 is 0 Å². The fraction of sp³-hybridized carbons (Fsp3) is 0.100. The predicted molar refractivity (Wildman–Crippen MR) is 136 cm³/mol. The maximum absolute atomic E-state index is 4.81. The average molecular weight is 428 g/mol. The van der Waals surface area contributed by atoms with Crippen molar-refractivity contribution in [2.24, 2.45) is 0 Å². The molecule has 0 amide bonds. The van der Waals surface area contributed by atoms with E-state index >= 15 is 0 Å². The summed E-state index contributed by atoms with van der Waals surface area (Å²) in [4.78, 5) is 14.3. The summed E-state index contributed by atoms with van der Waals surface area (Å²) < 4.78 is 0. The molecule has 0 atom stereocenters. The second-order valence-electron chi connectivity index (χ2n) is 8.40. The van der Waals surface area contributed by atoms with Gasteiger partial charge in [-0.05, 0) is 61.2 Å². The van der Waals surface area contributed by atoms with E-state index in [4.69, 9.17) is 15.0 Å². The first-order valence-corrected chi connectivity index (χ1v) is 11.1. The van der Waals surface area contributed by atoms with Gasteiger partial charge in [-0.2, -0.15) is 0 Å². The summed E-state index contributed by atoms with van der Waals surface area (Å²) in [5.41, 5.74) is 11.8. The first-order chi connectivity index (χ1) is 16.1. The minimum absolute atomic E-state index is 0.951. The highest BCUT2D eigenvalue weighted by atomic mass is 14.7. The summed E-state index contributed by atoms with van der Waals surface area (Å²) in [5.74, 6) is 0. The third-order valence-electron chi connectivity index (χ3n) is 5.94. The van der Waals surface area contributed by atoms with Gasteiger partial charge in [-0.1, -0.05) is 60.7 Å². The molecule has 5 aromatic rings. The van der Waals surface area contributed by atoms with E-state index in [1.807, 2.05) is 55.0 Å². The van der Waals surface area contributed by atoms with Crippen LogP contribution in [0.5, 0.6) is 0 Å². The molecule has 3 heterocycles. The lowest BCUT2D eigenvalue weighted by molar-refractivity contribution is 1.20. The van der Waals surface area contributed by atoms with Crippen LogP contribution in [0.3, 0.4) is 0 Å². The third kappa shape index (κ3) is 4.18. The number of aryl methyl sites for hydroxylation is 3.